The Labute approximate surface area is 183 Å². The minimum atomic E-state index is -1.33. The van der Waals surface area contributed by atoms with Gasteiger partial charge in [0, 0.05) is 18.7 Å². The molecule has 0 bridgehead atoms. The van der Waals surface area contributed by atoms with Gasteiger partial charge < -0.3 is 24.5 Å². The van der Waals surface area contributed by atoms with Crippen LogP contribution in [0.3, 0.4) is 0 Å². The van der Waals surface area contributed by atoms with Crippen molar-refractivity contribution in [1.29, 1.82) is 0 Å². The molecule has 3 unspecified atom stereocenters. The summed E-state index contributed by atoms with van der Waals surface area (Å²) in [6, 6.07) is -2.12. The third-order valence-corrected chi connectivity index (χ3v) is 3.49. The van der Waals surface area contributed by atoms with Crippen molar-refractivity contribution in [2.75, 3.05) is 6.61 Å². The van der Waals surface area contributed by atoms with E-state index < -0.39 is 30.3 Å². The Morgan fingerprint density at radius 3 is 1.74 bits per heavy atom. The summed E-state index contributed by atoms with van der Waals surface area (Å²) in [7, 11) is 0. The zero-order valence-corrected chi connectivity index (χ0v) is 19.6. The number of carboxylic acids is 2. The summed E-state index contributed by atoms with van der Waals surface area (Å²) in [4.78, 5) is 23.5. The normalized spacial score (nSPS) is 14.6. The van der Waals surface area contributed by atoms with Gasteiger partial charge in [-0.2, -0.15) is 0 Å². The molecule has 0 rings (SSSR count). The second kappa shape index (κ2) is 15.1. The van der Waals surface area contributed by atoms with Gasteiger partial charge in [0.15, 0.2) is 0 Å². The van der Waals surface area contributed by atoms with E-state index in [-0.39, 0.29) is 59.1 Å². The Morgan fingerprint density at radius 2 is 1.43 bits per heavy atom. The van der Waals surface area contributed by atoms with E-state index in [1.54, 1.807) is 0 Å². The third kappa shape index (κ3) is 11.2. The molecule has 0 fully saturated rings. The molecule has 0 aromatic heterocycles. The summed E-state index contributed by atoms with van der Waals surface area (Å²) in [5, 5.41) is 22.2. The van der Waals surface area contributed by atoms with Crippen LogP contribution < -0.4 is 69.3 Å². The van der Waals surface area contributed by atoms with E-state index in [2.05, 4.69) is 13.8 Å². The number of nitrogens with zero attached hydrogens (tertiary/aromatic N) is 1. The van der Waals surface area contributed by atoms with Crippen LogP contribution in [0.25, 0.3) is 0 Å². The molecule has 0 N–H and O–H groups in total. The number of carboxylic acid groups (broad SMARTS) is 2. The number of carbonyl (C=O) groups is 2. The summed E-state index contributed by atoms with van der Waals surface area (Å²) < 4.78 is 5.69. The van der Waals surface area contributed by atoms with Gasteiger partial charge in [-0.3, -0.25) is 4.90 Å². The van der Waals surface area contributed by atoms with Gasteiger partial charge in [0.05, 0.1) is 11.9 Å². The first-order valence-corrected chi connectivity index (χ1v) is 7.53. The first-order chi connectivity index (χ1) is 9.72. The number of carbonyl (C=O) groups excluding carboxylic acids is 2. The summed E-state index contributed by atoms with van der Waals surface area (Å²) in [6.45, 7) is 9.31. The maximum atomic E-state index is 11.1. The predicted molar refractivity (Wildman–Crippen MR) is 74.9 cm³/mol. The Hall–Kier alpha value is 0.860. The number of hydrogen-bond donors (Lipinski definition) is 0. The van der Waals surface area contributed by atoms with Crippen LogP contribution in [0, 0.1) is 5.92 Å². The Balaban J connectivity index is -0.00000200. The number of aliphatic carboxylic acids is 2. The van der Waals surface area contributed by atoms with Crippen LogP contribution in [0.5, 0.6) is 0 Å². The Bertz CT molecular complexity index is 322. The smallest absolute Gasteiger partial charge is 0.548 e. The van der Waals surface area contributed by atoms with Crippen LogP contribution in [0.4, 0.5) is 0 Å². The molecule has 0 saturated carbocycles. The summed E-state index contributed by atoms with van der Waals surface area (Å²) in [6.07, 6.45) is 1.75. The molecule has 0 radical (unpaired) electrons. The predicted octanol–water partition coefficient (Wildman–Crippen LogP) is -6.24. The number of ether oxygens (including phenoxy) is 1. The summed E-state index contributed by atoms with van der Waals surface area (Å²) in [5.74, 6) is -2.09. The molecule has 0 amide bonds. The molecular weight excluding hydrogens is 320 g/mol. The SMILES string of the molecule is CCC(OCCCC(C)C)N(C(C)C(=O)[O-])C(C)C(=O)[O-].[Na+].[Na+]. The molecule has 0 spiro atoms. The molecule has 0 heterocycles. The number of rotatable bonds is 11. The molecule has 23 heavy (non-hydrogen) atoms. The number of hydrogen-bond acceptors (Lipinski definition) is 6. The largest absolute Gasteiger partial charge is 1.00 e. The monoisotopic (exact) mass is 347 g/mol. The molecule has 0 aromatic rings. The van der Waals surface area contributed by atoms with Gasteiger partial charge in [-0.15, -0.1) is 0 Å². The molecule has 0 saturated heterocycles. The maximum Gasteiger partial charge on any atom is 1.00 e. The van der Waals surface area contributed by atoms with Gasteiger partial charge in [-0.25, -0.2) is 0 Å². The van der Waals surface area contributed by atoms with Gasteiger partial charge in [0.25, 0.3) is 0 Å². The Morgan fingerprint density at radius 1 is 1.00 bits per heavy atom. The maximum absolute atomic E-state index is 11.1. The zero-order valence-electron chi connectivity index (χ0n) is 15.6. The van der Waals surface area contributed by atoms with Crippen LogP contribution >= 0.6 is 0 Å². The summed E-state index contributed by atoms with van der Waals surface area (Å²) >= 11 is 0. The van der Waals surface area contributed by atoms with Crippen LogP contribution in [0.1, 0.15) is 53.9 Å². The standard InChI is InChI=1S/C15H29NO5.2Na/c1-6-13(21-9-7-8-10(2)3)16(11(4)14(17)18)12(5)15(19)20;;/h10-13H,6-9H2,1-5H3,(H,17,18)(H,19,20);;/q;2*+1/p-2. The Kier molecular flexibility index (Phi) is 18.9. The van der Waals surface area contributed by atoms with Gasteiger partial charge in [0.1, 0.15) is 6.23 Å². The van der Waals surface area contributed by atoms with Gasteiger partial charge in [-0.1, -0.05) is 20.8 Å². The minimum absolute atomic E-state index is 0. The second-order valence-electron chi connectivity index (χ2n) is 5.71. The average molecular weight is 347 g/mol. The fourth-order valence-corrected chi connectivity index (χ4v) is 2.20. The van der Waals surface area contributed by atoms with Crippen molar-refractivity contribution >= 4 is 11.9 Å². The molecule has 0 aliphatic carbocycles. The van der Waals surface area contributed by atoms with E-state index in [1.165, 1.54) is 18.7 Å². The van der Waals surface area contributed by atoms with Crippen LogP contribution in [0.15, 0.2) is 0 Å². The summed E-state index contributed by atoms with van der Waals surface area (Å²) in [5.41, 5.74) is 0. The quantitative estimate of drug-likeness (QED) is 0.210. The molecule has 0 aliphatic rings. The van der Waals surface area contributed by atoms with E-state index in [0.29, 0.717) is 18.9 Å². The fraction of sp³-hybridized carbons (Fsp3) is 0.867. The van der Waals surface area contributed by atoms with Gasteiger partial charge in [0.2, 0.25) is 0 Å². The van der Waals surface area contributed by atoms with Crippen molar-refractivity contribution in [2.24, 2.45) is 5.92 Å². The van der Waals surface area contributed by atoms with E-state index >= 15 is 0 Å². The first-order valence-electron chi connectivity index (χ1n) is 7.53. The van der Waals surface area contributed by atoms with Crippen molar-refractivity contribution in [3.8, 4) is 0 Å². The molecule has 3 atom stereocenters. The van der Waals surface area contributed by atoms with Gasteiger partial charge >= 0.3 is 59.1 Å². The molecule has 124 valence electrons. The van der Waals surface area contributed by atoms with Crippen LogP contribution in [0.2, 0.25) is 0 Å². The second-order valence-corrected chi connectivity index (χ2v) is 5.71. The van der Waals surface area contributed by atoms with E-state index in [1.807, 2.05) is 6.92 Å². The van der Waals surface area contributed by atoms with Gasteiger partial charge in [-0.05, 0) is 39.0 Å². The first kappa shape index (κ1) is 28.7. The third-order valence-electron chi connectivity index (χ3n) is 3.49. The molecule has 0 aromatic carbocycles. The minimum Gasteiger partial charge on any atom is -0.548 e. The van der Waals surface area contributed by atoms with Crippen LogP contribution in [-0.2, 0) is 14.3 Å². The van der Waals surface area contributed by atoms with Crippen molar-refractivity contribution in [3.05, 3.63) is 0 Å². The van der Waals surface area contributed by atoms with Crippen molar-refractivity contribution in [2.45, 2.75) is 72.2 Å². The molecule has 6 nitrogen and oxygen atoms in total. The molecule has 0 aliphatic heterocycles. The van der Waals surface area contributed by atoms with E-state index in [0.717, 1.165) is 12.8 Å². The average Bonchev–Trinajstić information content (AvgIpc) is 2.40. The van der Waals surface area contributed by atoms with Crippen molar-refractivity contribution < 1.29 is 83.7 Å². The van der Waals surface area contributed by atoms with Crippen molar-refractivity contribution in [3.63, 3.8) is 0 Å². The fourth-order valence-electron chi connectivity index (χ4n) is 2.20. The zero-order chi connectivity index (χ0) is 16.6. The topological polar surface area (TPSA) is 92.7 Å². The van der Waals surface area contributed by atoms with E-state index in [4.69, 9.17) is 4.74 Å². The van der Waals surface area contributed by atoms with Crippen LogP contribution in [-0.4, -0.2) is 41.8 Å². The van der Waals surface area contributed by atoms with E-state index in [9.17, 15) is 19.8 Å². The van der Waals surface area contributed by atoms with Crippen molar-refractivity contribution in [1.82, 2.24) is 4.90 Å². The molecular formula is C15H27NNa2O5. The molecule has 8 heteroatoms.